The van der Waals surface area contributed by atoms with Crippen LogP contribution in [0.1, 0.15) is 21.6 Å². The molecule has 1 aliphatic heterocycles. The predicted molar refractivity (Wildman–Crippen MR) is 121 cm³/mol. The summed E-state index contributed by atoms with van der Waals surface area (Å²) < 4.78 is 3.58. The molecular formula is C24H26N6O2. The van der Waals surface area contributed by atoms with E-state index in [9.17, 15) is 9.90 Å². The fourth-order valence-corrected chi connectivity index (χ4v) is 4.22. The number of amides is 1. The predicted octanol–water partition coefficient (Wildman–Crippen LogP) is 1.88. The molecule has 0 bridgehead atoms. The zero-order valence-electron chi connectivity index (χ0n) is 18.0. The van der Waals surface area contributed by atoms with Crippen molar-refractivity contribution in [1.82, 2.24) is 29.4 Å². The Balaban J connectivity index is 1.18. The molecule has 0 aliphatic carbocycles. The van der Waals surface area contributed by atoms with Crippen LogP contribution < -0.4 is 5.32 Å². The molecule has 1 atom stereocenters. The summed E-state index contributed by atoms with van der Waals surface area (Å²) in [5, 5.41) is 17.5. The van der Waals surface area contributed by atoms with Gasteiger partial charge in [0, 0.05) is 62.9 Å². The highest BCUT2D eigenvalue weighted by atomic mass is 16.3. The van der Waals surface area contributed by atoms with E-state index in [1.807, 2.05) is 42.0 Å². The minimum absolute atomic E-state index is 0.186. The smallest absolute Gasteiger partial charge is 0.271 e. The second kappa shape index (κ2) is 8.57. The van der Waals surface area contributed by atoms with Gasteiger partial charge in [-0.2, -0.15) is 5.10 Å². The number of fused-ring (bicyclic) bond motifs is 2. The zero-order valence-corrected chi connectivity index (χ0v) is 18.0. The number of aliphatic hydroxyl groups is 1. The summed E-state index contributed by atoms with van der Waals surface area (Å²) in [5.41, 5.74) is 5.70. The largest absolute Gasteiger partial charge is 0.390 e. The summed E-state index contributed by atoms with van der Waals surface area (Å²) in [6.07, 6.45) is 7.72. The van der Waals surface area contributed by atoms with Gasteiger partial charge < -0.3 is 14.8 Å². The van der Waals surface area contributed by atoms with Crippen LogP contribution in [-0.4, -0.2) is 60.8 Å². The summed E-state index contributed by atoms with van der Waals surface area (Å²) in [4.78, 5) is 19.2. The fraction of sp³-hybridized carbons (Fsp3) is 0.292. The van der Waals surface area contributed by atoms with Crippen LogP contribution in [0.5, 0.6) is 0 Å². The maximum atomic E-state index is 12.6. The van der Waals surface area contributed by atoms with Crippen molar-refractivity contribution in [2.45, 2.75) is 19.1 Å². The quantitative estimate of drug-likeness (QED) is 0.488. The van der Waals surface area contributed by atoms with Crippen LogP contribution in [0.4, 0.5) is 0 Å². The molecule has 32 heavy (non-hydrogen) atoms. The van der Waals surface area contributed by atoms with Crippen LogP contribution in [0, 0.1) is 0 Å². The molecule has 164 valence electrons. The molecule has 4 heterocycles. The number of β-amino-alcohol motifs (C(OH)–C–C–N with tert-alkyl or cyclic N) is 1. The van der Waals surface area contributed by atoms with Crippen LogP contribution in [0.2, 0.25) is 0 Å². The number of aryl methyl sites for hydroxylation is 1. The maximum Gasteiger partial charge on any atom is 0.271 e. The van der Waals surface area contributed by atoms with Crippen molar-refractivity contribution in [2.24, 2.45) is 7.05 Å². The first-order valence-corrected chi connectivity index (χ1v) is 10.8. The van der Waals surface area contributed by atoms with E-state index in [-0.39, 0.29) is 12.5 Å². The number of hydrogen-bond donors (Lipinski definition) is 2. The molecule has 8 heteroatoms. The lowest BCUT2D eigenvalue weighted by molar-refractivity contribution is 0.0838. The molecule has 0 fully saturated rings. The second-order valence-corrected chi connectivity index (χ2v) is 8.33. The monoisotopic (exact) mass is 430 g/mol. The highest BCUT2D eigenvalue weighted by Crippen LogP contribution is 2.20. The van der Waals surface area contributed by atoms with Gasteiger partial charge in [-0.3, -0.25) is 14.4 Å². The summed E-state index contributed by atoms with van der Waals surface area (Å²) in [6, 6.07) is 12.3. The van der Waals surface area contributed by atoms with Crippen molar-refractivity contribution in [3.63, 3.8) is 0 Å². The lowest BCUT2D eigenvalue weighted by Gasteiger charge is -2.30. The molecule has 1 aliphatic rings. The number of aromatic nitrogens is 4. The van der Waals surface area contributed by atoms with E-state index in [4.69, 9.17) is 0 Å². The molecule has 1 aromatic carbocycles. The van der Waals surface area contributed by atoms with Crippen LogP contribution in [0.15, 0.2) is 61.2 Å². The molecule has 0 spiro atoms. The highest BCUT2D eigenvalue weighted by molar-refractivity contribution is 5.92. The number of carbonyl (C=O) groups is 1. The number of rotatable bonds is 6. The maximum absolute atomic E-state index is 12.6. The average Bonchev–Trinajstić information content (AvgIpc) is 3.43. The van der Waals surface area contributed by atoms with Crippen LogP contribution in [0.25, 0.3) is 16.8 Å². The summed E-state index contributed by atoms with van der Waals surface area (Å²) >= 11 is 0. The van der Waals surface area contributed by atoms with Crippen molar-refractivity contribution >= 4 is 11.6 Å². The Morgan fingerprint density at radius 3 is 2.78 bits per heavy atom. The second-order valence-electron chi connectivity index (χ2n) is 8.33. The summed E-state index contributed by atoms with van der Waals surface area (Å²) in [5.74, 6) is -0.292. The summed E-state index contributed by atoms with van der Waals surface area (Å²) in [6.45, 7) is 2.45. The molecule has 2 N–H and O–H groups in total. The van der Waals surface area contributed by atoms with Gasteiger partial charge in [-0.25, -0.2) is 4.98 Å². The molecule has 8 nitrogen and oxygen atoms in total. The van der Waals surface area contributed by atoms with E-state index < -0.39 is 6.10 Å². The van der Waals surface area contributed by atoms with Crippen molar-refractivity contribution in [3.05, 3.63) is 78.0 Å². The number of carbonyl (C=O) groups excluding carboxylic acids is 1. The first-order chi connectivity index (χ1) is 15.5. The SMILES string of the molecule is Cn1cc(-c2ccc3nc(C(=O)NC[C@H](O)CN4CCc5ccccc5C4)cn3c2)cn1. The zero-order chi connectivity index (χ0) is 22.1. The third kappa shape index (κ3) is 4.28. The average molecular weight is 431 g/mol. The normalized spacial score (nSPS) is 14.9. The van der Waals surface area contributed by atoms with Crippen molar-refractivity contribution in [1.29, 1.82) is 0 Å². The van der Waals surface area contributed by atoms with E-state index in [1.165, 1.54) is 11.1 Å². The molecule has 0 saturated heterocycles. The Labute approximate surface area is 186 Å². The number of pyridine rings is 1. The lowest BCUT2D eigenvalue weighted by Crippen LogP contribution is -2.42. The number of nitrogens with one attached hydrogen (secondary N) is 1. The Kier molecular flexibility index (Phi) is 5.46. The number of imidazole rings is 1. The van der Waals surface area contributed by atoms with Gasteiger partial charge in [0.2, 0.25) is 0 Å². The van der Waals surface area contributed by atoms with Crippen LogP contribution in [-0.2, 0) is 20.0 Å². The Morgan fingerprint density at radius 2 is 1.97 bits per heavy atom. The first-order valence-electron chi connectivity index (χ1n) is 10.8. The topological polar surface area (TPSA) is 87.7 Å². The van der Waals surface area contributed by atoms with Gasteiger partial charge in [-0.1, -0.05) is 24.3 Å². The van der Waals surface area contributed by atoms with E-state index >= 15 is 0 Å². The molecular weight excluding hydrogens is 404 g/mol. The third-order valence-electron chi connectivity index (χ3n) is 5.90. The summed E-state index contributed by atoms with van der Waals surface area (Å²) in [7, 11) is 1.88. The first kappa shape index (κ1) is 20.4. The van der Waals surface area contributed by atoms with E-state index in [0.29, 0.717) is 17.9 Å². The Bertz CT molecular complexity index is 1260. The molecule has 4 aromatic rings. The van der Waals surface area contributed by atoms with Crippen LogP contribution in [0.3, 0.4) is 0 Å². The lowest BCUT2D eigenvalue weighted by atomic mass is 10.00. The van der Waals surface area contributed by atoms with Gasteiger partial charge >= 0.3 is 0 Å². The van der Waals surface area contributed by atoms with E-state index in [1.54, 1.807) is 17.1 Å². The minimum Gasteiger partial charge on any atom is -0.390 e. The number of benzene rings is 1. The molecule has 1 amide bonds. The minimum atomic E-state index is -0.640. The molecule has 0 saturated carbocycles. The Hall–Kier alpha value is -3.49. The third-order valence-corrected chi connectivity index (χ3v) is 5.90. The molecule has 3 aromatic heterocycles. The number of hydrogen-bond acceptors (Lipinski definition) is 5. The van der Waals surface area contributed by atoms with Gasteiger partial charge in [0.15, 0.2) is 0 Å². The van der Waals surface area contributed by atoms with Crippen molar-refractivity contribution in [2.75, 3.05) is 19.6 Å². The van der Waals surface area contributed by atoms with Gasteiger partial charge in [-0.05, 0) is 29.7 Å². The fourth-order valence-electron chi connectivity index (χ4n) is 4.22. The van der Waals surface area contributed by atoms with Crippen LogP contribution >= 0.6 is 0 Å². The molecule has 5 rings (SSSR count). The van der Waals surface area contributed by atoms with Gasteiger partial charge in [0.05, 0.1) is 12.3 Å². The van der Waals surface area contributed by atoms with E-state index in [0.717, 1.165) is 30.6 Å². The molecule has 0 unspecified atom stereocenters. The van der Waals surface area contributed by atoms with E-state index in [2.05, 4.69) is 38.5 Å². The van der Waals surface area contributed by atoms with Gasteiger partial charge in [-0.15, -0.1) is 0 Å². The van der Waals surface area contributed by atoms with Crippen molar-refractivity contribution in [3.8, 4) is 11.1 Å². The van der Waals surface area contributed by atoms with Crippen molar-refractivity contribution < 1.29 is 9.90 Å². The highest BCUT2D eigenvalue weighted by Gasteiger charge is 2.19. The Morgan fingerprint density at radius 1 is 1.12 bits per heavy atom. The number of aliphatic hydroxyl groups excluding tert-OH is 1. The number of nitrogens with zero attached hydrogens (tertiary/aromatic N) is 5. The van der Waals surface area contributed by atoms with Gasteiger partial charge in [0.25, 0.3) is 5.91 Å². The standard InChI is InChI=1S/C24H26N6O2/c1-28-12-20(10-26-28)19-6-7-23-27-22(16-30(23)14-19)24(32)25-11-21(31)15-29-9-8-17-4-2-3-5-18(17)13-29/h2-7,10,12,14,16,21,31H,8-9,11,13,15H2,1H3,(H,25,32)/t21-/m0/s1. The van der Waals surface area contributed by atoms with Gasteiger partial charge in [0.1, 0.15) is 11.3 Å². The molecule has 0 radical (unpaired) electrons.